The molecule has 31 heavy (non-hydrogen) atoms. The van der Waals surface area contributed by atoms with E-state index in [4.69, 9.17) is 0 Å². The van der Waals surface area contributed by atoms with E-state index in [0.29, 0.717) is 39.6 Å². The highest BCUT2D eigenvalue weighted by atomic mass is 19.1. The lowest BCUT2D eigenvalue weighted by molar-refractivity contribution is 0.0950. The average molecular weight is 413 g/mol. The molecule has 0 saturated carbocycles. The fraction of sp³-hybridized carbons (Fsp3) is 0.0435. The van der Waals surface area contributed by atoms with Gasteiger partial charge in [-0.1, -0.05) is 6.07 Å². The fourth-order valence-electron chi connectivity index (χ4n) is 3.45. The van der Waals surface area contributed by atoms with Crippen molar-refractivity contribution >= 4 is 27.7 Å². The predicted molar refractivity (Wildman–Crippen MR) is 115 cm³/mol. The maximum Gasteiger partial charge on any atom is 0.280 e. The van der Waals surface area contributed by atoms with Gasteiger partial charge in [0.2, 0.25) is 0 Å². The van der Waals surface area contributed by atoms with Crippen LogP contribution in [0, 0.1) is 5.82 Å². The average Bonchev–Trinajstić information content (AvgIpc) is 3.15. The molecule has 0 bridgehead atoms. The summed E-state index contributed by atoms with van der Waals surface area (Å²) in [6.07, 6.45) is 3.17. The van der Waals surface area contributed by atoms with E-state index in [-0.39, 0.29) is 17.3 Å². The van der Waals surface area contributed by atoms with Crippen molar-refractivity contribution in [3.05, 3.63) is 100 Å². The SMILES string of the molecule is O=C(NCc1ccccn1)c1ccc2ncc3c(=O)n(-c4ccc(F)cc4)[nH]c3c2c1. The maximum absolute atomic E-state index is 13.3. The highest BCUT2D eigenvalue weighted by Gasteiger charge is 2.14. The zero-order valence-corrected chi connectivity index (χ0v) is 16.2. The molecule has 8 heteroatoms. The summed E-state index contributed by atoms with van der Waals surface area (Å²) in [6, 6.07) is 16.2. The fourth-order valence-corrected chi connectivity index (χ4v) is 3.45. The topological polar surface area (TPSA) is 92.7 Å². The number of H-pyrrole nitrogens is 1. The van der Waals surface area contributed by atoms with Crippen LogP contribution in [-0.4, -0.2) is 25.7 Å². The highest BCUT2D eigenvalue weighted by molar-refractivity contribution is 6.06. The molecule has 0 aliphatic rings. The molecule has 2 aromatic carbocycles. The predicted octanol–water partition coefficient (Wildman–Crippen LogP) is 3.33. The van der Waals surface area contributed by atoms with Gasteiger partial charge in [0.05, 0.1) is 34.3 Å². The van der Waals surface area contributed by atoms with Gasteiger partial charge in [-0.15, -0.1) is 0 Å². The van der Waals surface area contributed by atoms with Crippen LogP contribution in [0.15, 0.2) is 77.9 Å². The summed E-state index contributed by atoms with van der Waals surface area (Å²) in [6.45, 7) is 0.304. The summed E-state index contributed by atoms with van der Waals surface area (Å²) in [5, 5.41) is 6.93. The number of nitrogens with one attached hydrogen (secondary N) is 2. The molecule has 0 radical (unpaired) electrons. The Kier molecular flexibility index (Phi) is 4.51. The molecule has 5 aromatic rings. The summed E-state index contributed by atoms with van der Waals surface area (Å²) >= 11 is 0. The summed E-state index contributed by atoms with van der Waals surface area (Å²) < 4.78 is 14.6. The molecular formula is C23H16FN5O2. The van der Waals surface area contributed by atoms with Gasteiger partial charge in [0.25, 0.3) is 11.5 Å². The first kappa shape index (κ1) is 18.7. The van der Waals surface area contributed by atoms with Crippen molar-refractivity contribution in [3.63, 3.8) is 0 Å². The monoisotopic (exact) mass is 413 g/mol. The molecule has 3 aromatic heterocycles. The molecule has 5 rings (SSSR count). The molecule has 7 nitrogen and oxygen atoms in total. The van der Waals surface area contributed by atoms with E-state index in [2.05, 4.69) is 20.4 Å². The third kappa shape index (κ3) is 3.44. The van der Waals surface area contributed by atoms with Crippen molar-refractivity contribution in [2.75, 3.05) is 0 Å². The third-order valence-electron chi connectivity index (χ3n) is 5.03. The van der Waals surface area contributed by atoms with E-state index in [1.165, 1.54) is 35.1 Å². The molecule has 2 N–H and O–H groups in total. The van der Waals surface area contributed by atoms with E-state index in [9.17, 15) is 14.0 Å². The number of hydrogen-bond donors (Lipinski definition) is 2. The number of aromatic nitrogens is 4. The Hall–Kier alpha value is -4.33. The second kappa shape index (κ2) is 7.49. The van der Waals surface area contributed by atoms with Gasteiger partial charge < -0.3 is 5.32 Å². The molecule has 0 spiro atoms. The number of nitrogens with zero attached hydrogens (tertiary/aromatic N) is 3. The second-order valence-corrected chi connectivity index (χ2v) is 7.01. The van der Waals surface area contributed by atoms with Crippen LogP contribution in [0.5, 0.6) is 0 Å². The van der Waals surface area contributed by atoms with E-state index < -0.39 is 0 Å². The van der Waals surface area contributed by atoms with E-state index in [1.807, 2.05) is 18.2 Å². The van der Waals surface area contributed by atoms with Gasteiger partial charge in [-0.3, -0.25) is 24.7 Å². The summed E-state index contributed by atoms with van der Waals surface area (Å²) in [4.78, 5) is 34.0. The second-order valence-electron chi connectivity index (χ2n) is 7.01. The van der Waals surface area contributed by atoms with Gasteiger partial charge in [-0.2, -0.15) is 0 Å². The standard InChI is InChI=1S/C23H16FN5O2/c24-15-5-7-17(8-6-15)29-23(31)19-13-26-20-9-4-14(11-18(20)21(19)28-29)22(30)27-12-16-3-1-2-10-25-16/h1-11,13,28H,12H2,(H,27,30). The number of aromatic amines is 1. The minimum absolute atomic E-state index is 0.259. The number of carbonyl (C=O) groups excluding carboxylic acids is 1. The van der Waals surface area contributed by atoms with Crippen LogP contribution in [0.4, 0.5) is 4.39 Å². The molecule has 0 atom stereocenters. The molecule has 0 unspecified atom stereocenters. The molecule has 0 aliphatic carbocycles. The first-order valence-electron chi connectivity index (χ1n) is 9.58. The van der Waals surface area contributed by atoms with Crippen LogP contribution in [0.25, 0.3) is 27.5 Å². The summed E-state index contributed by atoms with van der Waals surface area (Å²) in [7, 11) is 0. The zero-order valence-electron chi connectivity index (χ0n) is 16.2. The van der Waals surface area contributed by atoms with Crippen molar-refractivity contribution in [1.82, 2.24) is 25.1 Å². The van der Waals surface area contributed by atoms with Crippen LogP contribution in [-0.2, 0) is 6.54 Å². The quantitative estimate of drug-likeness (QED) is 0.473. The number of rotatable bonds is 4. The van der Waals surface area contributed by atoms with Crippen LogP contribution >= 0.6 is 0 Å². The molecule has 0 fully saturated rings. The van der Waals surface area contributed by atoms with E-state index >= 15 is 0 Å². The van der Waals surface area contributed by atoms with Crippen molar-refractivity contribution in [1.29, 1.82) is 0 Å². The molecule has 3 heterocycles. The Morgan fingerprint density at radius 1 is 1.03 bits per heavy atom. The van der Waals surface area contributed by atoms with Gasteiger partial charge in [-0.05, 0) is 54.6 Å². The Labute approximate surface area is 175 Å². The number of halogens is 1. The van der Waals surface area contributed by atoms with Crippen molar-refractivity contribution < 1.29 is 9.18 Å². The molecule has 1 amide bonds. The lowest BCUT2D eigenvalue weighted by atomic mass is 10.1. The van der Waals surface area contributed by atoms with Crippen molar-refractivity contribution in [2.45, 2.75) is 6.54 Å². The van der Waals surface area contributed by atoms with Gasteiger partial charge in [0.1, 0.15) is 5.82 Å². The van der Waals surface area contributed by atoms with Crippen LogP contribution in [0.3, 0.4) is 0 Å². The maximum atomic E-state index is 13.3. The van der Waals surface area contributed by atoms with Gasteiger partial charge >= 0.3 is 0 Å². The Bertz CT molecular complexity index is 1470. The number of pyridine rings is 2. The Morgan fingerprint density at radius 2 is 1.87 bits per heavy atom. The van der Waals surface area contributed by atoms with E-state index in [1.54, 1.807) is 24.4 Å². The molecule has 152 valence electrons. The van der Waals surface area contributed by atoms with Gasteiger partial charge in [0.15, 0.2) is 0 Å². The van der Waals surface area contributed by atoms with Crippen molar-refractivity contribution in [3.8, 4) is 5.69 Å². The smallest absolute Gasteiger partial charge is 0.280 e. The van der Waals surface area contributed by atoms with Gasteiger partial charge in [-0.25, -0.2) is 9.07 Å². The minimum atomic E-state index is -0.388. The molecular weight excluding hydrogens is 397 g/mol. The number of hydrogen-bond acceptors (Lipinski definition) is 4. The third-order valence-corrected chi connectivity index (χ3v) is 5.03. The first-order chi connectivity index (χ1) is 15.1. The molecule has 0 saturated heterocycles. The summed E-state index contributed by atoms with van der Waals surface area (Å²) in [5.74, 6) is -0.647. The highest BCUT2D eigenvalue weighted by Crippen LogP contribution is 2.22. The minimum Gasteiger partial charge on any atom is -0.346 e. The lowest BCUT2D eigenvalue weighted by Crippen LogP contribution is -2.23. The summed E-state index contributed by atoms with van der Waals surface area (Å²) in [5.41, 5.74) is 2.58. The van der Waals surface area contributed by atoms with Gasteiger partial charge in [0, 0.05) is 23.3 Å². The first-order valence-corrected chi connectivity index (χ1v) is 9.58. The van der Waals surface area contributed by atoms with Crippen LogP contribution in [0.1, 0.15) is 16.1 Å². The van der Waals surface area contributed by atoms with E-state index in [0.717, 1.165) is 5.69 Å². The number of benzene rings is 2. The lowest BCUT2D eigenvalue weighted by Gasteiger charge is -2.06. The van der Waals surface area contributed by atoms with Crippen LogP contribution < -0.4 is 10.9 Å². The van der Waals surface area contributed by atoms with Crippen LogP contribution in [0.2, 0.25) is 0 Å². The normalized spacial score (nSPS) is 11.1. The number of carbonyl (C=O) groups is 1. The number of amides is 1. The molecule has 0 aliphatic heterocycles. The zero-order chi connectivity index (χ0) is 21.4. The largest absolute Gasteiger partial charge is 0.346 e. The number of fused-ring (bicyclic) bond motifs is 3. The Balaban J connectivity index is 1.54. The van der Waals surface area contributed by atoms with Crippen molar-refractivity contribution in [2.24, 2.45) is 0 Å². The Morgan fingerprint density at radius 3 is 2.65 bits per heavy atom.